The summed E-state index contributed by atoms with van der Waals surface area (Å²) in [5, 5.41) is 12.6. The molecule has 2 aromatic rings. The van der Waals surface area contributed by atoms with Crippen LogP contribution in [0.2, 0.25) is 0 Å². The summed E-state index contributed by atoms with van der Waals surface area (Å²) >= 11 is 0. The summed E-state index contributed by atoms with van der Waals surface area (Å²) in [4.78, 5) is 0. The predicted molar refractivity (Wildman–Crippen MR) is 73.2 cm³/mol. The molecule has 1 aromatic carbocycles. The first-order chi connectivity index (χ1) is 10.1. The Morgan fingerprint density at radius 3 is 2.71 bits per heavy atom. The van der Waals surface area contributed by atoms with Crippen molar-refractivity contribution in [2.75, 3.05) is 6.61 Å². The molecule has 6 heteroatoms. The second-order valence-corrected chi connectivity index (χ2v) is 4.59. The smallest absolute Gasteiger partial charge is 0.387 e. The highest BCUT2D eigenvalue weighted by molar-refractivity contribution is 5.30. The topological polar surface area (TPSA) is 54.6 Å². The monoisotopic (exact) mass is 297 g/mol. The van der Waals surface area contributed by atoms with Crippen LogP contribution in [0.3, 0.4) is 0 Å². The van der Waals surface area contributed by atoms with Crippen LogP contribution in [0.15, 0.2) is 47.1 Å². The zero-order chi connectivity index (χ0) is 15.2. The summed E-state index contributed by atoms with van der Waals surface area (Å²) in [5.74, 6) is 0.721. The number of hydrogen-bond acceptors (Lipinski definition) is 4. The van der Waals surface area contributed by atoms with Crippen molar-refractivity contribution < 1.29 is 23.0 Å². The number of nitrogens with one attached hydrogen (secondary N) is 1. The molecule has 0 aliphatic heterocycles. The van der Waals surface area contributed by atoms with Gasteiger partial charge < -0.3 is 14.3 Å². The molecular weight excluding hydrogens is 280 g/mol. The van der Waals surface area contributed by atoms with E-state index in [2.05, 4.69) is 10.1 Å². The number of furan rings is 1. The second-order valence-electron chi connectivity index (χ2n) is 4.59. The molecule has 0 bridgehead atoms. The van der Waals surface area contributed by atoms with Gasteiger partial charge in [0.05, 0.1) is 18.9 Å². The molecule has 1 heterocycles. The fourth-order valence-corrected chi connectivity index (χ4v) is 2.07. The lowest BCUT2D eigenvalue weighted by Crippen LogP contribution is -2.27. The average Bonchev–Trinajstić information content (AvgIpc) is 2.98. The van der Waals surface area contributed by atoms with Crippen LogP contribution in [0.4, 0.5) is 8.78 Å². The standard InChI is InChI=1S/C15H17F2NO3/c1-10(18-13(9-19)14-6-3-7-20-14)11-4-2-5-12(8-11)21-15(16)17/h2-8,10,13,15,18-19H,9H2,1H3. The lowest BCUT2D eigenvalue weighted by molar-refractivity contribution is -0.0499. The van der Waals surface area contributed by atoms with Crippen molar-refractivity contribution in [1.29, 1.82) is 0 Å². The van der Waals surface area contributed by atoms with Gasteiger partial charge in [-0.15, -0.1) is 0 Å². The third-order valence-electron chi connectivity index (χ3n) is 3.10. The zero-order valence-corrected chi connectivity index (χ0v) is 11.5. The summed E-state index contributed by atoms with van der Waals surface area (Å²) in [6.45, 7) is -1.12. The first kappa shape index (κ1) is 15.5. The first-order valence-corrected chi connectivity index (χ1v) is 6.55. The quantitative estimate of drug-likeness (QED) is 0.823. The molecule has 2 atom stereocenters. The van der Waals surface area contributed by atoms with Crippen LogP contribution in [0.25, 0.3) is 0 Å². The van der Waals surface area contributed by atoms with E-state index in [9.17, 15) is 13.9 Å². The van der Waals surface area contributed by atoms with Crippen LogP contribution >= 0.6 is 0 Å². The maximum atomic E-state index is 12.2. The van der Waals surface area contributed by atoms with Crippen LogP contribution in [0.1, 0.15) is 30.3 Å². The summed E-state index contributed by atoms with van der Waals surface area (Å²) in [5.41, 5.74) is 0.776. The van der Waals surface area contributed by atoms with E-state index < -0.39 is 6.61 Å². The van der Waals surface area contributed by atoms with Gasteiger partial charge in [-0.25, -0.2) is 0 Å². The maximum Gasteiger partial charge on any atom is 0.387 e. The molecule has 0 amide bonds. The van der Waals surface area contributed by atoms with E-state index in [0.29, 0.717) is 5.76 Å². The van der Waals surface area contributed by atoms with Crippen molar-refractivity contribution in [1.82, 2.24) is 5.32 Å². The van der Waals surface area contributed by atoms with E-state index >= 15 is 0 Å². The van der Waals surface area contributed by atoms with Crippen LogP contribution in [-0.2, 0) is 0 Å². The molecule has 1 aromatic heterocycles. The predicted octanol–water partition coefficient (Wildman–Crippen LogP) is 3.27. The number of halogens is 2. The number of alkyl halides is 2. The van der Waals surface area contributed by atoms with Crippen molar-refractivity contribution >= 4 is 0 Å². The van der Waals surface area contributed by atoms with Gasteiger partial charge in [0.25, 0.3) is 0 Å². The minimum Gasteiger partial charge on any atom is -0.468 e. The molecule has 114 valence electrons. The van der Waals surface area contributed by atoms with Gasteiger partial charge in [-0.3, -0.25) is 5.32 Å². The van der Waals surface area contributed by atoms with Gasteiger partial charge in [0.2, 0.25) is 0 Å². The van der Waals surface area contributed by atoms with Crippen LogP contribution < -0.4 is 10.1 Å². The SMILES string of the molecule is CC(NC(CO)c1ccco1)c1cccc(OC(F)F)c1. The summed E-state index contributed by atoms with van der Waals surface area (Å²) < 4.78 is 34.1. The fraction of sp³-hybridized carbons (Fsp3) is 0.333. The van der Waals surface area contributed by atoms with Crippen molar-refractivity contribution in [3.8, 4) is 5.75 Å². The third kappa shape index (κ3) is 4.27. The zero-order valence-electron chi connectivity index (χ0n) is 11.5. The van der Waals surface area contributed by atoms with Crippen molar-refractivity contribution in [3.05, 3.63) is 54.0 Å². The molecule has 0 aliphatic rings. The molecule has 21 heavy (non-hydrogen) atoms. The summed E-state index contributed by atoms with van der Waals surface area (Å²) in [7, 11) is 0. The number of aliphatic hydroxyl groups is 1. The second kappa shape index (κ2) is 7.19. The Bertz CT molecular complexity index is 546. The van der Waals surface area contributed by atoms with Crippen LogP contribution in [0.5, 0.6) is 5.75 Å². The Morgan fingerprint density at radius 2 is 2.10 bits per heavy atom. The van der Waals surface area contributed by atoms with E-state index in [1.807, 2.05) is 6.92 Å². The van der Waals surface area contributed by atoms with Gasteiger partial charge in [-0.1, -0.05) is 12.1 Å². The maximum absolute atomic E-state index is 12.2. The summed E-state index contributed by atoms with van der Waals surface area (Å²) in [6.07, 6.45) is 1.53. The Hall–Kier alpha value is -1.92. The Morgan fingerprint density at radius 1 is 1.29 bits per heavy atom. The van der Waals surface area contributed by atoms with Crippen LogP contribution in [-0.4, -0.2) is 18.3 Å². The highest BCUT2D eigenvalue weighted by Gasteiger charge is 2.17. The van der Waals surface area contributed by atoms with Gasteiger partial charge in [0, 0.05) is 6.04 Å². The highest BCUT2D eigenvalue weighted by atomic mass is 19.3. The Labute approximate surface area is 121 Å². The number of benzene rings is 1. The first-order valence-electron chi connectivity index (χ1n) is 6.55. The van der Waals surface area contributed by atoms with Gasteiger partial charge in [0.15, 0.2) is 0 Å². The molecule has 0 saturated carbocycles. The Balaban J connectivity index is 2.07. The fourth-order valence-electron chi connectivity index (χ4n) is 2.07. The number of hydrogen-bond donors (Lipinski definition) is 2. The molecule has 0 radical (unpaired) electrons. The van der Waals surface area contributed by atoms with Crippen molar-refractivity contribution in [2.45, 2.75) is 25.6 Å². The normalized spacial score (nSPS) is 14.1. The van der Waals surface area contributed by atoms with Crippen LogP contribution in [0, 0.1) is 0 Å². The van der Waals surface area contributed by atoms with E-state index in [4.69, 9.17) is 4.42 Å². The number of rotatable bonds is 7. The van der Waals surface area contributed by atoms with Crippen molar-refractivity contribution in [2.24, 2.45) is 0 Å². The third-order valence-corrected chi connectivity index (χ3v) is 3.10. The largest absolute Gasteiger partial charge is 0.468 e. The highest BCUT2D eigenvalue weighted by Crippen LogP contribution is 2.23. The Kier molecular flexibility index (Phi) is 5.30. The van der Waals surface area contributed by atoms with E-state index in [1.54, 1.807) is 30.3 Å². The van der Waals surface area contributed by atoms with E-state index in [1.165, 1.54) is 12.3 Å². The minimum atomic E-state index is -2.85. The average molecular weight is 297 g/mol. The summed E-state index contributed by atoms with van der Waals surface area (Å²) in [6, 6.07) is 9.42. The lowest BCUT2D eigenvalue weighted by atomic mass is 10.1. The molecule has 0 saturated heterocycles. The van der Waals surface area contributed by atoms with Crippen molar-refractivity contribution in [3.63, 3.8) is 0 Å². The molecule has 2 unspecified atom stereocenters. The molecule has 2 N–H and O–H groups in total. The molecule has 0 spiro atoms. The molecule has 0 aliphatic carbocycles. The number of aliphatic hydroxyl groups excluding tert-OH is 1. The molecule has 2 rings (SSSR count). The molecule has 0 fully saturated rings. The van der Waals surface area contributed by atoms with Gasteiger partial charge >= 0.3 is 6.61 Å². The number of ether oxygens (including phenoxy) is 1. The lowest BCUT2D eigenvalue weighted by Gasteiger charge is -2.21. The van der Waals surface area contributed by atoms with E-state index in [-0.39, 0.29) is 24.4 Å². The minimum absolute atomic E-state index is 0.106. The van der Waals surface area contributed by atoms with E-state index in [0.717, 1.165) is 5.56 Å². The van der Waals surface area contributed by atoms with Gasteiger partial charge in [0.1, 0.15) is 11.5 Å². The molecule has 4 nitrogen and oxygen atoms in total. The molecular formula is C15H17F2NO3. The van der Waals surface area contributed by atoms with Gasteiger partial charge in [-0.05, 0) is 36.8 Å². The van der Waals surface area contributed by atoms with Gasteiger partial charge in [-0.2, -0.15) is 8.78 Å².